The smallest absolute Gasteiger partial charge is 0.310 e. The number of aliphatic hydroxyl groups is 1. The Kier molecular flexibility index (Phi) is 12.4. The van der Waals surface area contributed by atoms with Crippen molar-refractivity contribution >= 4 is 11.8 Å². The van der Waals surface area contributed by atoms with Gasteiger partial charge in [0.2, 0.25) is 0 Å². The lowest BCUT2D eigenvalue weighted by Crippen LogP contribution is -2.21. The van der Waals surface area contributed by atoms with Gasteiger partial charge in [-0.25, -0.2) is 0 Å². The van der Waals surface area contributed by atoms with E-state index in [2.05, 4.69) is 39.8 Å². The highest BCUT2D eigenvalue weighted by molar-refractivity contribution is 5.95. The van der Waals surface area contributed by atoms with Crippen LogP contribution in [0, 0.1) is 11.3 Å². The largest absolute Gasteiger partial charge is 0.481 e. The molecule has 0 unspecified atom stereocenters. The van der Waals surface area contributed by atoms with E-state index in [1.165, 1.54) is 11.1 Å². The minimum Gasteiger partial charge on any atom is -0.481 e. The van der Waals surface area contributed by atoms with E-state index in [4.69, 9.17) is 5.11 Å². The molecule has 174 valence electrons. The number of carbonyl (C=O) groups excluding carboxylic acids is 1. The van der Waals surface area contributed by atoms with Crippen LogP contribution in [0.25, 0.3) is 0 Å². The fourth-order valence-corrected chi connectivity index (χ4v) is 4.07. The molecule has 0 heterocycles. The summed E-state index contributed by atoms with van der Waals surface area (Å²) in [5.74, 6) is -0.720. The maximum Gasteiger partial charge on any atom is 0.310 e. The van der Waals surface area contributed by atoms with E-state index >= 15 is 0 Å². The number of hydrogen-bond acceptors (Lipinski definition) is 3. The number of carbonyl (C=O) groups is 2. The fraction of sp³-hybridized carbons (Fsp3) is 0.630. The van der Waals surface area contributed by atoms with Crippen LogP contribution in [-0.2, 0) is 9.59 Å². The fourth-order valence-electron chi connectivity index (χ4n) is 4.07. The van der Waals surface area contributed by atoms with E-state index in [1.807, 2.05) is 24.3 Å². The third kappa shape index (κ3) is 11.9. The summed E-state index contributed by atoms with van der Waals surface area (Å²) in [4.78, 5) is 22.4. The molecule has 1 aliphatic rings. The minimum atomic E-state index is -1.07. The van der Waals surface area contributed by atoms with Crippen LogP contribution in [0.15, 0.2) is 47.6 Å². The van der Waals surface area contributed by atoms with Crippen LogP contribution in [0.2, 0.25) is 0 Å². The van der Waals surface area contributed by atoms with Gasteiger partial charge in [0.25, 0.3) is 0 Å². The van der Waals surface area contributed by atoms with Crippen LogP contribution >= 0.6 is 0 Å². The van der Waals surface area contributed by atoms with Crippen LogP contribution in [0.1, 0.15) is 91.9 Å². The molecule has 31 heavy (non-hydrogen) atoms. The topological polar surface area (TPSA) is 74.6 Å². The van der Waals surface area contributed by atoms with Crippen molar-refractivity contribution in [1.82, 2.24) is 0 Å². The van der Waals surface area contributed by atoms with Crippen LogP contribution in [0.3, 0.4) is 0 Å². The average Bonchev–Trinajstić information content (AvgIpc) is 2.68. The van der Waals surface area contributed by atoms with Gasteiger partial charge < -0.3 is 10.2 Å². The monoisotopic (exact) mass is 430 g/mol. The van der Waals surface area contributed by atoms with Crippen molar-refractivity contribution in [3.63, 3.8) is 0 Å². The standard InChI is InChI=1S/C27H42O4/c1-21(2)10-9-11-22(3)14-16-24(28)13-6-8-19-27(4)18-7-5-12-23(27)15-17-25(29)20-26(30)31/h6,8,10,13,15,19,22,24,28H,5,7,9,11-12,14,16-18,20H2,1-4H3,(H,30,31)/b13-6+,19-8+,23-15+/t22-,24+,27-/m0/s1. The first-order valence-corrected chi connectivity index (χ1v) is 11.7. The van der Waals surface area contributed by atoms with E-state index in [1.54, 1.807) is 0 Å². The summed E-state index contributed by atoms with van der Waals surface area (Å²) in [5, 5.41) is 19.0. The van der Waals surface area contributed by atoms with E-state index < -0.39 is 18.5 Å². The molecule has 0 bridgehead atoms. The predicted molar refractivity (Wildman–Crippen MR) is 128 cm³/mol. The van der Waals surface area contributed by atoms with Crippen molar-refractivity contribution in [2.75, 3.05) is 0 Å². The Labute approximate surface area is 188 Å². The van der Waals surface area contributed by atoms with Gasteiger partial charge in [0, 0.05) is 11.8 Å². The second-order valence-corrected chi connectivity index (χ2v) is 9.52. The van der Waals surface area contributed by atoms with Crippen molar-refractivity contribution < 1.29 is 19.8 Å². The van der Waals surface area contributed by atoms with Gasteiger partial charge in [-0.05, 0) is 64.7 Å². The first-order valence-electron chi connectivity index (χ1n) is 11.7. The number of Topliss-reactive ketones (excluding diaryl/α,β-unsaturated/α-hetero) is 1. The highest BCUT2D eigenvalue weighted by atomic mass is 16.4. The molecule has 2 N–H and O–H groups in total. The Bertz CT molecular complexity index is 694. The maximum absolute atomic E-state index is 11.8. The molecule has 1 rings (SSSR count). The van der Waals surface area contributed by atoms with E-state index in [9.17, 15) is 14.7 Å². The number of carboxylic acids is 1. The Hall–Kier alpha value is -1.94. The van der Waals surface area contributed by atoms with Crippen LogP contribution < -0.4 is 0 Å². The second kappa shape index (κ2) is 14.2. The van der Waals surface area contributed by atoms with Gasteiger partial charge in [-0.3, -0.25) is 9.59 Å². The van der Waals surface area contributed by atoms with Gasteiger partial charge in [0.05, 0.1) is 6.10 Å². The molecule has 0 radical (unpaired) electrons. The average molecular weight is 431 g/mol. The predicted octanol–water partition coefficient (Wildman–Crippen LogP) is 6.56. The third-order valence-electron chi connectivity index (χ3n) is 6.13. The van der Waals surface area contributed by atoms with Gasteiger partial charge in [-0.2, -0.15) is 0 Å². The Morgan fingerprint density at radius 1 is 1.13 bits per heavy atom. The van der Waals surface area contributed by atoms with E-state index in [-0.39, 0.29) is 17.6 Å². The zero-order valence-corrected chi connectivity index (χ0v) is 19.9. The molecular formula is C27H42O4. The number of ketones is 1. The lowest BCUT2D eigenvalue weighted by molar-refractivity contribution is -0.140. The maximum atomic E-state index is 11.8. The van der Waals surface area contributed by atoms with Crippen molar-refractivity contribution in [2.45, 2.75) is 98.0 Å². The van der Waals surface area contributed by atoms with Gasteiger partial charge in [-0.15, -0.1) is 0 Å². The highest BCUT2D eigenvalue weighted by Crippen LogP contribution is 2.42. The summed E-state index contributed by atoms with van der Waals surface area (Å²) in [6.07, 6.45) is 19.7. The molecule has 0 aliphatic heterocycles. The lowest BCUT2D eigenvalue weighted by atomic mass is 9.71. The van der Waals surface area contributed by atoms with Gasteiger partial charge in [0.15, 0.2) is 0 Å². The number of aliphatic hydroxyl groups excluding tert-OH is 1. The summed E-state index contributed by atoms with van der Waals surface area (Å²) < 4.78 is 0. The Balaban J connectivity index is 2.54. The SMILES string of the molecule is CC(C)=CCC[C@H](C)CC[C@H](O)/C=C/C=C/[C@]1(C)CCCC/C1=C\CC(=O)CC(=O)O. The first-order chi connectivity index (χ1) is 14.6. The van der Waals surface area contributed by atoms with Crippen LogP contribution in [-0.4, -0.2) is 28.1 Å². The summed E-state index contributed by atoms with van der Waals surface area (Å²) in [5.41, 5.74) is 2.46. The molecular weight excluding hydrogens is 388 g/mol. The molecule has 0 aromatic heterocycles. The number of hydrogen-bond donors (Lipinski definition) is 2. The van der Waals surface area contributed by atoms with Crippen molar-refractivity contribution in [1.29, 1.82) is 0 Å². The van der Waals surface area contributed by atoms with Crippen molar-refractivity contribution in [3.05, 3.63) is 47.6 Å². The van der Waals surface area contributed by atoms with Gasteiger partial charge >= 0.3 is 5.97 Å². The molecule has 4 nitrogen and oxygen atoms in total. The lowest BCUT2D eigenvalue weighted by Gasteiger charge is -2.34. The normalized spacial score (nSPS) is 22.7. The number of aliphatic carboxylic acids is 1. The zero-order chi connectivity index (χ0) is 23.3. The second-order valence-electron chi connectivity index (χ2n) is 9.52. The molecule has 4 heteroatoms. The third-order valence-corrected chi connectivity index (χ3v) is 6.13. The number of rotatable bonds is 13. The van der Waals surface area contributed by atoms with Gasteiger partial charge in [-0.1, -0.05) is 67.9 Å². The van der Waals surface area contributed by atoms with Crippen LogP contribution in [0.5, 0.6) is 0 Å². The Morgan fingerprint density at radius 3 is 2.55 bits per heavy atom. The molecule has 0 aromatic carbocycles. The minimum absolute atomic E-state index is 0.115. The van der Waals surface area contributed by atoms with E-state index in [0.717, 1.165) is 51.4 Å². The molecule has 0 saturated heterocycles. The Morgan fingerprint density at radius 2 is 1.87 bits per heavy atom. The summed E-state index contributed by atoms with van der Waals surface area (Å²) in [6, 6.07) is 0. The van der Waals surface area contributed by atoms with Crippen molar-refractivity contribution in [3.8, 4) is 0 Å². The molecule has 0 amide bonds. The molecule has 1 aliphatic carbocycles. The van der Waals surface area contributed by atoms with Crippen molar-refractivity contribution in [2.24, 2.45) is 11.3 Å². The highest BCUT2D eigenvalue weighted by Gasteiger charge is 2.28. The molecule has 0 spiro atoms. The number of allylic oxidation sites excluding steroid dienone is 7. The summed E-state index contributed by atoms with van der Waals surface area (Å²) in [7, 11) is 0. The molecule has 1 fully saturated rings. The zero-order valence-electron chi connectivity index (χ0n) is 19.9. The molecule has 3 atom stereocenters. The number of carboxylic acid groups (broad SMARTS) is 1. The molecule has 1 saturated carbocycles. The molecule has 0 aromatic rings. The van der Waals surface area contributed by atoms with Crippen LogP contribution in [0.4, 0.5) is 0 Å². The summed E-state index contributed by atoms with van der Waals surface area (Å²) >= 11 is 0. The summed E-state index contributed by atoms with van der Waals surface area (Å²) in [6.45, 7) is 8.67. The first kappa shape index (κ1) is 27.1. The van der Waals surface area contributed by atoms with Gasteiger partial charge in [0.1, 0.15) is 12.2 Å². The quantitative estimate of drug-likeness (QED) is 0.197. The van der Waals surface area contributed by atoms with E-state index in [0.29, 0.717) is 5.92 Å².